The summed E-state index contributed by atoms with van der Waals surface area (Å²) < 4.78 is 5.76. The number of furan rings is 1. The molecule has 2 aliphatic heterocycles. The van der Waals surface area contributed by atoms with Crippen LogP contribution in [-0.2, 0) is 0 Å². The van der Waals surface area contributed by atoms with Gasteiger partial charge in [-0.1, -0.05) is 13.3 Å². The Bertz CT molecular complexity index is 586. The summed E-state index contributed by atoms with van der Waals surface area (Å²) in [5.74, 6) is 2.56. The van der Waals surface area contributed by atoms with Crippen LogP contribution in [0.4, 0.5) is 0 Å². The Morgan fingerprint density at radius 1 is 1.21 bits per heavy atom. The highest BCUT2D eigenvalue weighted by Gasteiger charge is 2.31. The van der Waals surface area contributed by atoms with Crippen LogP contribution >= 0.6 is 24.0 Å². The van der Waals surface area contributed by atoms with Gasteiger partial charge >= 0.3 is 0 Å². The number of halogens is 1. The van der Waals surface area contributed by atoms with E-state index in [9.17, 15) is 0 Å². The van der Waals surface area contributed by atoms with Crippen molar-refractivity contribution in [1.82, 2.24) is 20.4 Å². The average Bonchev–Trinajstić information content (AvgIpc) is 3.32. The van der Waals surface area contributed by atoms with Crippen molar-refractivity contribution in [2.45, 2.75) is 58.2 Å². The van der Waals surface area contributed by atoms with E-state index in [1.807, 2.05) is 13.1 Å². The molecule has 3 heterocycles. The lowest BCUT2D eigenvalue weighted by atomic mass is 10.1. The van der Waals surface area contributed by atoms with Crippen LogP contribution < -0.4 is 10.6 Å². The zero-order valence-electron chi connectivity index (χ0n) is 17.9. The summed E-state index contributed by atoms with van der Waals surface area (Å²) in [6.45, 7) is 12.2. The van der Waals surface area contributed by atoms with Crippen LogP contribution in [-0.4, -0.2) is 67.6 Å². The lowest BCUT2D eigenvalue weighted by Crippen LogP contribution is -2.49. The smallest absolute Gasteiger partial charge is 0.191 e. The Kier molecular flexibility index (Phi) is 9.56. The number of piperidine rings is 1. The van der Waals surface area contributed by atoms with Crippen molar-refractivity contribution < 1.29 is 4.42 Å². The highest BCUT2D eigenvalue weighted by Crippen LogP contribution is 2.24. The SMILES string of the molecule is CN=C(NCC(c1ccco1)N1CCCCC1)NC1CN(C(C)C)CC1C.I. The van der Waals surface area contributed by atoms with Crippen LogP contribution in [0.3, 0.4) is 0 Å². The van der Waals surface area contributed by atoms with Gasteiger partial charge in [-0.2, -0.15) is 0 Å². The molecule has 1 aromatic rings. The Labute approximate surface area is 187 Å². The first-order valence-electron chi connectivity index (χ1n) is 10.6. The minimum Gasteiger partial charge on any atom is -0.468 e. The second-order valence-electron chi connectivity index (χ2n) is 8.36. The van der Waals surface area contributed by atoms with Crippen LogP contribution in [0, 0.1) is 5.92 Å². The van der Waals surface area contributed by atoms with E-state index in [1.54, 1.807) is 6.26 Å². The van der Waals surface area contributed by atoms with E-state index in [4.69, 9.17) is 4.42 Å². The molecule has 3 atom stereocenters. The lowest BCUT2D eigenvalue weighted by molar-refractivity contribution is 0.146. The molecule has 0 amide bonds. The van der Waals surface area contributed by atoms with E-state index >= 15 is 0 Å². The summed E-state index contributed by atoms with van der Waals surface area (Å²) in [7, 11) is 1.86. The molecule has 0 radical (unpaired) electrons. The number of hydrogen-bond donors (Lipinski definition) is 2. The van der Waals surface area contributed by atoms with Crippen LogP contribution in [0.5, 0.6) is 0 Å². The van der Waals surface area contributed by atoms with Crippen molar-refractivity contribution in [2.24, 2.45) is 10.9 Å². The fourth-order valence-corrected chi connectivity index (χ4v) is 4.30. The van der Waals surface area contributed by atoms with Crippen LogP contribution in [0.25, 0.3) is 0 Å². The van der Waals surface area contributed by atoms with Gasteiger partial charge in [-0.25, -0.2) is 0 Å². The monoisotopic (exact) mass is 503 g/mol. The number of guanidine groups is 1. The molecule has 2 saturated heterocycles. The summed E-state index contributed by atoms with van der Waals surface area (Å²) in [5, 5.41) is 7.22. The zero-order valence-corrected chi connectivity index (χ0v) is 20.2. The van der Waals surface area contributed by atoms with Gasteiger partial charge in [-0.05, 0) is 57.8 Å². The highest BCUT2D eigenvalue weighted by atomic mass is 127. The number of rotatable bonds is 6. The normalized spacial score (nSPS) is 25.5. The summed E-state index contributed by atoms with van der Waals surface area (Å²) in [5.41, 5.74) is 0. The lowest BCUT2D eigenvalue weighted by Gasteiger charge is -2.34. The second kappa shape index (κ2) is 11.4. The first kappa shape index (κ1) is 23.5. The molecule has 3 unspecified atom stereocenters. The molecule has 160 valence electrons. The Morgan fingerprint density at radius 3 is 2.54 bits per heavy atom. The van der Waals surface area contributed by atoms with Crippen molar-refractivity contribution >= 4 is 29.9 Å². The Morgan fingerprint density at radius 2 is 1.96 bits per heavy atom. The summed E-state index contributed by atoms with van der Waals surface area (Å²) in [4.78, 5) is 9.56. The fourth-order valence-electron chi connectivity index (χ4n) is 4.30. The number of aliphatic imine (C=N–C) groups is 1. The van der Waals surface area contributed by atoms with Crippen molar-refractivity contribution in [1.29, 1.82) is 0 Å². The van der Waals surface area contributed by atoms with Gasteiger partial charge in [0.1, 0.15) is 5.76 Å². The molecule has 0 aliphatic carbocycles. The molecular formula is C21H38IN5O. The van der Waals surface area contributed by atoms with Gasteiger partial charge in [-0.15, -0.1) is 24.0 Å². The number of hydrogen-bond acceptors (Lipinski definition) is 4. The molecule has 3 rings (SSSR count). The van der Waals surface area contributed by atoms with Gasteiger partial charge in [0.25, 0.3) is 0 Å². The molecular weight excluding hydrogens is 465 g/mol. The van der Waals surface area contributed by atoms with E-state index in [1.165, 1.54) is 19.3 Å². The van der Waals surface area contributed by atoms with Crippen molar-refractivity contribution in [2.75, 3.05) is 39.8 Å². The number of likely N-dealkylation sites (tertiary alicyclic amines) is 2. The van der Waals surface area contributed by atoms with Gasteiger partial charge in [0, 0.05) is 38.8 Å². The highest BCUT2D eigenvalue weighted by molar-refractivity contribution is 14.0. The van der Waals surface area contributed by atoms with E-state index in [0.29, 0.717) is 18.0 Å². The first-order valence-corrected chi connectivity index (χ1v) is 10.6. The molecule has 0 aromatic carbocycles. The molecule has 0 bridgehead atoms. The Balaban J connectivity index is 0.00000280. The van der Waals surface area contributed by atoms with Crippen LogP contribution in [0.15, 0.2) is 27.8 Å². The minimum atomic E-state index is 0. The van der Waals surface area contributed by atoms with Gasteiger partial charge < -0.3 is 15.1 Å². The third kappa shape index (κ3) is 6.10. The summed E-state index contributed by atoms with van der Waals surface area (Å²) >= 11 is 0. The van der Waals surface area contributed by atoms with Crippen molar-refractivity contribution in [3.8, 4) is 0 Å². The first-order chi connectivity index (χ1) is 13.1. The van der Waals surface area contributed by atoms with Crippen LogP contribution in [0.2, 0.25) is 0 Å². The molecule has 28 heavy (non-hydrogen) atoms. The van der Waals surface area contributed by atoms with E-state index in [2.05, 4.69) is 52.3 Å². The van der Waals surface area contributed by atoms with Crippen molar-refractivity contribution in [3.05, 3.63) is 24.2 Å². The fraction of sp³-hybridized carbons (Fsp3) is 0.762. The van der Waals surface area contributed by atoms with Gasteiger partial charge in [0.05, 0.1) is 12.3 Å². The molecule has 0 saturated carbocycles. The molecule has 2 N–H and O–H groups in total. The molecule has 2 aliphatic rings. The third-order valence-electron chi connectivity index (χ3n) is 6.08. The number of nitrogens with zero attached hydrogens (tertiary/aromatic N) is 3. The van der Waals surface area contributed by atoms with Crippen molar-refractivity contribution in [3.63, 3.8) is 0 Å². The average molecular weight is 503 g/mol. The van der Waals surface area contributed by atoms with Gasteiger partial charge in [0.15, 0.2) is 5.96 Å². The molecule has 1 aromatic heterocycles. The second-order valence-corrected chi connectivity index (χ2v) is 8.36. The maximum Gasteiger partial charge on any atom is 0.191 e. The third-order valence-corrected chi connectivity index (χ3v) is 6.08. The molecule has 2 fully saturated rings. The predicted octanol–water partition coefficient (Wildman–Crippen LogP) is 3.32. The Hall–Kier alpha value is -0.800. The zero-order chi connectivity index (χ0) is 19.2. The van der Waals surface area contributed by atoms with Crippen LogP contribution in [0.1, 0.15) is 51.8 Å². The summed E-state index contributed by atoms with van der Waals surface area (Å²) in [6, 6.07) is 5.37. The largest absolute Gasteiger partial charge is 0.468 e. The topological polar surface area (TPSA) is 56.0 Å². The maximum atomic E-state index is 5.76. The predicted molar refractivity (Wildman–Crippen MR) is 126 cm³/mol. The molecule has 6 nitrogen and oxygen atoms in total. The summed E-state index contributed by atoms with van der Waals surface area (Å²) in [6.07, 6.45) is 5.66. The van der Waals surface area contributed by atoms with E-state index < -0.39 is 0 Å². The molecule has 0 spiro atoms. The van der Waals surface area contributed by atoms with Gasteiger partial charge in [-0.3, -0.25) is 14.8 Å². The van der Waals surface area contributed by atoms with E-state index in [-0.39, 0.29) is 30.0 Å². The van der Waals surface area contributed by atoms with E-state index in [0.717, 1.165) is 44.4 Å². The maximum absolute atomic E-state index is 5.76. The number of nitrogens with one attached hydrogen (secondary N) is 2. The quantitative estimate of drug-likeness (QED) is 0.355. The molecule has 7 heteroatoms. The minimum absolute atomic E-state index is 0. The van der Waals surface area contributed by atoms with Gasteiger partial charge in [0.2, 0.25) is 0 Å². The standard InChI is InChI=1S/C21H37N5O.HI/c1-16(2)26-14-17(3)18(15-26)24-21(22-4)23-13-19(20-9-8-12-27-20)25-10-6-5-7-11-25;/h8-9,12,16-19H,5-7,10-11,13-15H2,1-4H3,(H2,22,23,24);1H.